The molecule has 0 aromatic heterocycles. The lowest BCUT2D eigenvalue weighted by Gasteiger charge is -2.16. The van der Waals surface area contributed by atoms with E-state index < -0.39 is 12.0 Å². The molecule has 0 spiro atoms. The topological polar surface area (TPSA) is 67.8 Å². The fraction of sp³-hybridized carbons (Fsp3) is 0.462. The first-order valence-electron chi connectivity index (χ1n) is 5.86. The summed E-state index contributed by atoms with van der Waals surface area (Å²) in [5, 5.41) is 12.4. The molecule has 1 saturated carbocycles. The van der Waals surface area contributed by atoms with Crippen molar-refractivity contribution in [3.63, 3.8) is 0 Å². The Morgan fingerprint density at radius 1 is 1.28 bits per heavy atom. The lowest BCUT2D eigenvalue weighted by Crippen LogP contribution is -2.30. The number of ether oxygens (including phenoxy) is 2. The smallest absolute Gasteiger partial charge is 0.325 e. The van der Waals surface area contributed by atoms with Crippen molar-refractivity contribution >= 4 is 5.97 Å². The van der Waals surface area contributed by atoms with Crippen LogP contribution in [0.1, 0.15) is 24.4 Å². The molecule has 98 valence electrons. The van der Waals surface area contributed by atoms with Gasteiger partial charge >= 0.3 is 5.97 Å². The van der Waals surface area contributed by atoms with Gasteiger partial charge in [-0.2, -0.15) is 0 Å². The van der Waals surface area contributed by atoms with Crippen molar-refractivity contribution < 1.29 is 19.4 Å². The van der Waals surface area contributed by atoms with Crippen LogP contribution in [0.25, 0.3) is 0 Å². The van der Waals surface area contributed by atoms with Crippen LogP contribution in [-0.2, 0) is 4.79 Å². The number of nitrogens with one attached hydrogen (secondary N) is 1. The van der Waals surface area contributed by atoms with Gasteiger partial charge in [0.05, 0.1) is 14.2 Å². The molecule has 1 unspecified atom stereocenters. The maximum atomic E-state index is 11.3. The molecular weight excluding hydrogens is 234 g/mol. The number of carboxylic acid groups (broad SMARTS) is 1. The molecule has 0 radical (unpaired) electrons. The van der Waals surface area contributed by atoms with Crippen molar-refractivity contribution in [2.75, 3.05) is 14.2 Å². The van der Waals surface area contributed by atoms with E-state index in [0.717, 1.165) is 12.8 Å². The second-order valence-corrected chi connectivity index (χ2v) is 4.36. The number of carboxylic acids is 1. The molecule has 0 heterocycles. The quantitative estimate of drug-likeness (QED) is 0.803. The first-order valence-corrected chi connectivity index (χ1v) is 5.86. The average molecular weight is 251 g/mol. The van der Waals surface area contributed by atoms with Gasteiger partial charge in [-0.15, -0.1) is 0 Å². The Hall–Kier alpha value is -1.75. The first kappa shape index (κ1) is 12.7. The zero-order chi connectivity index (χ0) is 13.1. The Kier molecular flexibility index (Phi) is 3.72. The van der Waals surface area contributed by atoms with Crippen molar-refractivity contribution in [3.8, 4) is 11.5 Å². The molecule has 0 saturated heterocycles. The molecule has 1 aliphatic carbocycles. The predicted molar refractivity (Wildman–Crippen MR) is 66.1 cm³/mol. The van der Waals surface area contributed by atoms with Gasteiger partial charge in [-0.25, -0.2) is 0 Å². The lowest BCUT2D eigenvalue weighted by molar-refractivity contribution is -0.139. The number of aliphatic carboxylic acids is 1. The normalized spacial score (nSPS) is 16.1. The fourth-order valence-electron chi connectivity index (χ4n) is 1.79. The molecule has 2 rings (SSSR count). The summed E-state index contributed by atoms with van der Waals surface area (Å²) >= 11 is 0. The summed E-state index contributed by atoms with van der Waals surface area (Å²) in [6, 6.07) is 4.75. The van der Waals surface area contributed by atoms with Crippen LogP contribution in [0.15, 0.2) is 18.2 Å². The number of hydrogen-bond acceptors (Lipinski definition) is 4. The van der Waals surface area contributed by atoms with Crippen LogP contribution in [0.5, 0.6) is 11.5 Å². The van der Waals surface area contributed by atoms with Crippen LogP contribution in [0, 0.1) is 0 Å². The van der Waals surface area contributed by atoms with Gasteiger partial charge in [0.2, 0.25) is 0 Å². The highest BCUT2D eigenvalue weighted by molar-refractivity contribution is 5.76. The Bertz CT molecular complexity index is 420. The van der Waals surface area contributed by atoms with Crippen molar-refractivity contribution in [2.45, 2.75) is 24.9 Å². The van der Waals surface area contributed by atoms with E-state index >= 15 is 0 Å². The minimum absolute atomic E-state index is 0.309. The molecule has 1 aliphatic rings. The molecular formula is C13H17NO4. The van der Waals surface area contributed by atoms with Gasteiger partial charge in [0.15, 0.2) is 0 Å². The molecule has 1 fully saturated rings. The molecule has 0 bridgehead atoms. The van der Waals surface area contributed by atoms with E-state index in [1.165, 1.54) is 0 Å². The van der Waals surface area contributed by atoms with Gasteiger partial charge in [0.25, 0.3) is 0 Å². The molecule has 0 aliphatic heterocycles. The highest BCUT2D eigenvalue weighted by Gasteiger charge is 2.29. The third kappa shape index (κ3) is 2.92. The summed E-state index contributed by atoms with van der Waals surface area (Å²) in [6.07, 6.45) is 2.07. The van der Waals surface area contributed by atoms with Crippen LogP contribution in [-0.4, -0.2) is 31.3 Å². The van der Waals surface area contributed by atoms with Crippen LogP contribution < -0.4 is 14.8 Å². The zero-order valence-corrected chi connectivity index (χ0v) is 10.5. The summed E-state index contributed by atoms with van der Waals surface area (Å²) in [5.41, 5.74) is 0.644. The largest absolute Gasteiger partial charge is 0.497 e. The highest BCUT2D eigenvalue weighted by atomic mass is 16.5. The highest BCUT2D eigenvalue weighted by Crippen LogP contribution is 2.29. The summed E-state index contributed by atoms with van der Waals surface area (Å²) in [4.78, 5) is 11.3. The summed E-state index contributed by atoms with van der Waals surface area (Å²) in [7, 11) is 3.09. The number of benzene rings is 1. The maximum Gasteiger partial charge on any atom is 0.325 e. The SMILES string of the molecule is COc1cc(OC)cc(C(NC2CC2)C(=O)O)c1. The molecule has 1 aromatic carbocycles. The van der Waals surface area contributed by atoms with E-state index in [1.54, 1.807) is 32.4 Å². The standard InChI is InChI=1S/C13H17NO4/c1-17-10-5-8(6-11(7-10)18-2)12(13(15)16)14-9-3-4-9/h5-7,9,12,14H,3-4H2,1-2H3,(H,15,16). The van der Waals surface area contributed by atoms with Crippen molar-refractivity contribution in [1.29, 1.82) is 0 Å². The predicted octanol–water partition coefficient (Wildman–Crippen LogP) is 1.58. The first-order chi connectivity index (χ1) is 8.63. The van der Waals surface area contributed by atoms with Gasteiger partial charge in [-0.3, -0.25) is 10.1 Å². The number of rotatable bonds is 6. The monoisotopic (exact) mass is 251 g/mol. The third-order valence-corrected chi connectivity index (χ3v) is 2.93. The minimum atomic E-state index is -0.891. The van der Waals surface area contributed by atoms with E-state index in [9.17, 15) is 9.90 Å². The van der Waals surface area contributed by atoms with E-state index in [4.69, 9.17) is 9.47 Å². The Morgan fingerprint density at radius 3 is 2.22 bits per heavy atom. The fourth-order valence-corrected chi connectivity index (χ4v) is 1.79. The van der Waals surface area contributed by atoms with Gasteiger partial charge in [-0.05, 0) is 30.5 Å². The molecule has 5 nitrogen and oxygen atoms in total. The number of carbonyl (C=O) groups is 1. The molecule has 2 N–H and O–H groups in total. The molecule has 0 amide bonds. The zero-order valence-electron chi connectivity index (χ0n) is 10.5. The van der Waals surface area contributed by atoms with E-state index in [2.05, 4.69) is 5.32 Å². The summed E-state index contributed by atoms with van der Waals surface area (Å²) in [6.45, 7) is 0. The van der Waals surface area contributed by atoms with Gasteiger partial charge in [-0.1, -0.05) is 0 Å². The molecule has 5 heteroatoms. The lowest BCUT2D eigenvalue weighted by atomic mass is 10.1. The second-order valence-electron chi connectivity index (χ2n) is 4.36. The van der Waals surface area contributed by atoms with Crippen molar-refractivity contribution in [1.82, 2.24) is 5.32 Å². The van der Waals surface area contributed by atoms with Crippen molar-refractivity contribution in [3.05, 3.63) is 23.8 Å². The van der Waals surface area contributed by atoms with Gasteiger partial charge in [0.1, 0.15) is 17.5 Å². The third-order valence-electron chi connectivity index (χ3n) is 2.93. The van der Waals surface area contributed by atoms with Gasteiger partial charge < -0.3 is 14.6 Å². The second kappa shape index (κ2) is 5.27. The van der Waals surface area contributed by atoms with Crippen LogP contribution >= 0.6 is 0 Å². The Morgan fingerprint density at radius 2 is 1.83 bits per heavy atom. The molecule has 18 heavy (non-hydrogen) atoms. The summed E-state index contributed by atoms with van der Waals surface area (Å²) in [5.74, 6) is 0.290. The Balaban J connectivity index is 2.29. The van der Waals surface area contributed by atoms with Crippen LogP contribution in [0.4, 0.5) is 0 Å². The van der Waals surface area contributed by atoms with E-state index in [0.29, 0.717) is 23.1 Å². The van der Waals surface area contributed by atoms with Gasteiger partial charge in [0, 0.05) is 12.1 Å². The van der Waals surface area contributed by atoms with Crippen molar-refractivity contribution in [2.24, 2.45) is 0 Å². The van der Waals surface area contributed by atoms with E-state index in [1.807, 2.05) is 0 Å². The van der Waals surface area contributed by atoms with E-state index in [-0.39, 0.29) is 0 Å². The number of hydrogen-bond donors (Lipinski definition) is 2. The molecule has 1 atom stereocenters. The summed E-state index contributed by atoms with van der Waals surface area (Å²) < 4.78 is 10.3. The average Bonchev–Trinajstić information content (AvgIpc) is 3.18. The number of methoxy groups -OCH3 is 2. The van der Waals surface area contributed by atoms with Crippen LogP contribution in [0.3, 0.4) is 0 Å². The Labute approximate surface area is 106 Å². The minimum Gasteiger partial charge on any atom is -0.497 e. The van der Waals surface area contributed by atoms with Crippen LogP contribution in [0.2, 0.25) is 0 Å². The molecule has 1 aromatic rings. The maximum absolute atomic E-state index is 11.3.